The second kappa shape index (κ2) is 5.49. The second-order valence-corrected chi connectivity index (χ2v) is 5.99. The van der Waals surface area contributed by atoms with Crippen molar-refractivity contribution in [1.29, 1.82) is 0 Å². The molecule has 1 unspecified atom stereocenters. The summed E-state index contributed by atoms with van der Waals surface area (Å²) in [6.07, 6.45) is 3.83. The predicted molar refractivity (Wildman–Crippen MR) is 87.6 cm³/mol. The van der Waals surface area contributed by atoms with Gasteiger partial charge in [-0.15, -0.1) is 10.2 Å². The molecule has 0 saturated carbocycles. The number of hydrogen-bond acceptors (Lipinski definition) is 5. The van der Waals surface area contributed by atoms with Crippen LogP contribution in [0.2, 0.25) is 0 Å². The van der Waals surface area contributed by atoms with E-state index in [0.29, 0.717) is 17.3 Å². The van der Waals surface area contributed by atoms with Gasteiger partial charge < -0.3 is 9.47 Å². The smallest absolute Gasteiger partial charge is 0.260 e. The fourth-order valence-corrected chi connectivity index (χ4v) is 3.27. The van der Waals surface area contributed by atoms with Crippen LogP contribution in [0, 0.1) is 0 Å². The summed E-state index contributed by atoms with van der Waals surface area (Å²) in [6.45, 7) is 1.67. The molecular formula is C16H18N6O. The van der Waals surface area contributed by atoms with Gasteiger partial charge in [-0.3, -0.25) is 9.78 Å². The second-order valence-electron chi connectivity index (χ2n) is 5.99. The van der Waals surface area contributed by atoms with E-state index in [4.69, 9.17) is 0 Å². The molecule has 1 fully saturated rings. The highest BCUT2D eigenvalue weighted by atomic mass is 16.1. The molecule has 4 rings (SSSR count). The maximum Gasteiger partial charge on any atom is 0.260 e. The molecule has 3 aromatic rings. The minimum absolute atomic E-state index is 0.0913. The number of aryl methyl sites for hydroxylation is 1. The van der Waals surface area contributed by atoms with E-state index < -0.39 is 0 Å². The van der Waals surface area contributed by atoms with Gasteiger partial charge in [-0.25, -0.2) is 4.98 Å². The third-order valence-corrected chi connectivity index (χ3v) is 4.43. The van der Waals surface area contributed by atoms with Crippen molar-refractivity contribution in [3.63, 3.8) is 0 Å². The van der Waals surface area contributed by atoms with Crippen LogP contribution in [0.4, 0.5) is 5.95 Å². The Morgan fingerprint density at radius 1 is 1.30 bits per heavy atom. The van der Waals surface area contributed by atoms with Crippen molar-refractivity contribution in [3.05, 3.63) is 46.8 Å². The van der Waals surface area contributed by atoms with E-state index in [1.807, 2.05) is 29.8 Å². The number of anilines is 1. The summed E-state index contributed by atoms with van der Waals surface area (Å²) in [4.78, 5) is 21.9. The topological polar surface area (TPSA) is 79.7 Å². The van der Waals surface area contributed by atoms with E-state index in [-0.39, 0.29) is 5.56 Å². The zero-order valence-electron chi connectivity index (χ0n) is 12.9. The highest BCUT2D eigenvalue weighted by Crippen LogP contribution is 2.27. The predicted octanol–water partition coefficient (Wildman–Crippen LogP) is 1.44. The summed E-state index contributed by atoms with van der Waals surface area (Å²) in [7, 11) is 1.96. The lowest BCUT2D eigenvalue weighted by Crippen LogP contribution is -2.37. The summed E-state index contributed by atoms with van der Waals surface area (Å²) in [6, 6.07) is 7.42. The van der Waals surface area contributed by atoms with Gasteiger partial charge in [0.2, 0.25) is 5.95 Å². The maximum atomic E-state index is 12.3. The number of aromatic nitrogens is 5. The Hall–Kier alpha value is -2.70. The van der Waals surface area contributed by atoms with E-state index in [2.05, 4.69) is 25.1 Å². The minimum atomic E-state index is -0.0913. The molecule has 1 atom stereocenters. The third-order valence-electron chi connectivity index (χ3n) is 4.43. The first-order valence-corrected chi connectivity index (χ1v) is 7.80. The number of para-hydroxylation sites is 1. The Kier molecular flexibility index (Phi) is 3.33. The van der Waals surface area contributed by atoms with Gasteiger partial charge in [-0.05, 0) is 25.0 Å². The third kappa shape index (κ3) is 2.48. The fraction of sp³-hybridized carbons (Fsp3) is 0.375. The molecule has 1 N–H and O–H groups in total. The van der Waals surface area contributed by atoms with Gasteiger partial charge >= 0.3 is 0 Å². The van der Waals surface area contributed by atoms with E-state index >= 15 is 0 Å². The SMILES string of the molecule is Cn1cnnc1C1CCCN(c2nc3ccccc3c(=O)[nH]2)C1. The van der Waals surface area contributed by atoms with Gasteiger partial charge in [0.05, 0.1) is 10.9 Å². The van der Waals surface area contributed by atoms with Gasteiger partial charge in [0.1, 0.15) is 12.2 Å². The van der Waals surface area contributed by atoms with E-state index in [1.165, 1.54) is 0 Å². The molecule has 0 radical (unpaired) electrons. The van der Waals surface area contributed by atoms with Gasteiger partial charge in [-0.2, -0.15) is 0 Å². The lowest BCUT2D eigenvalue weighted by Gasteiger charge is -2.32. The molecule has 7 heteroatoms. The van der Waals surface area contributed by atoms with Crippen LogP contribution in [0.5, 0.6) is 0 Å². The monoisotopic (exact) mass is 310 g/mol. The molecule has 1 aliphatic heterocycles. The number of fused-ring (bicyclic) bond motifs is 1. The number of benzene rings is 1. The van der Waals surface area contributed by atoms with Crippen LogP contribution in [0.3, 0.4) is 0 Å². The first kappa shape index (κ1) is 13.9. The molecule has 2 aromatic heterocycles. The van der Waals surface area contributed by atoms with E-state index in [0.717, 1.165) is 37.3 Å². The van der Waals surface area contributed by atoms with Crippen molar-refractivity contribution in [2.45, 2.75) is 18.8 Å². The molecule has 7 nitrogen and oxygen atoms in total. The van der Waals surface area contributed by atoms with Crippen LogP contribution in [-0.4, -0.2) is 37.8 Å². The normalized spacial score (nSPS) is 18.5. The minimum Gasteiger partial charge on any atom is -0.342 e. The molecule has 0 aliphatic carbocycles. The number of rotatable bonds is 2. The first-order chi connectivity index (χ1) is 11.2. The van der Waals surface area contributed by atoms with E-state index in [9.17, 15) is 4.79 Å². The Morgan fingerprint density at radius 2 is 2.17 bits per heavy atom. The van der Waals surface area contributed by atoms with Gasteiger partial charge in [0.15, 0.2) is 0 Å². The highest BCUT2D eigenvalue weighted by Gasteiger charge is 2.26. The van der Waals surface area contributed by atoms with Gasteiger partial charge in [0, 0.05) is 26.1 Å². The zero-order chi connectivity index (χ0) is 15.8. The lowest BCUT2D eigenvalue weighted by atomic mass is 9.97. The molecule has 1 aromatic carbocycles. The number of aromatic amines is 1. The summed E-state index contributed by atoms with van der Waals surface area (Å²) in [5, 5.41) is 8.82. The molecule has 1 aliphatic rings. The Bertz CT molecular complexity index is 899. The van der Waals surface area contributed by atoms with Gasteiger partial charge in [-0.1, -0.05) is 12.1 Å². The summed E-state index contributed by atoms with van der Waals surface area (Å²) in [5.41, 5.74) is 0.637. The van der Waals surface area contributed by atoms with Crippen molar-refractivity contribution in [1.82, 2.24) is 24.7 Å². The van der Waals surface area contributed by atoms with Gasteiger partial charge in [0.25, 0.3) is 5.56 Å². The maximum absolute atomic E-state index is 12.3. The fourth-order valence-electron chi connectivity index (χ4n) is 3.27. The first-order valence-electron chi connectivity index (χ1n) is 7.80. The largest absolute Gasteiger partial charge is 0.342 e. The summed E-state index contributed by atoms with van der Waals surface area (Å²) < 4.78 is 1.96. The highest BCUT2D eigenvalue weighted by molar-refractivity contribution is 5.78. The Morgan fingerprint density at radius 3 is 3.00 bits per heavy atom. The van der Waals surface area contributed by atoms with Crippen molar-refractivity contribution in [2.75, 3.05) is 18.0 Å². The molecule has 118 valence electrons. The molecule has 23 heavy (non-hydrogen) atoms. The Labute approximate surface area is 133 Å². The molecule has 1 saturated heterocycles. The molecule has 0 amide bonds. The number of nitrogens with zero attached hydrogens (tertiary/aromatic N) is 5. The molecule has 0 bridgehead atoms. The van der Waals surface area contributed by atoms with Crippen LogP contribution in [0.15, 0.2) is 35.4 Å². The molecular weight excluding hydrogens is 292 g/mol. The quantitative estimate of drug-likeness (QED) is 0.774. The number of hydrogen-bond donors (Lipinski definition) is 1. The average Bonchev–Trinajstić information content (AvgIpc) is 3.01. The van der Waals surface area contributed by atoms with Crippen LogP contribution in [-0.2, 0) is 7.05 Å². The van der Waals surface area contributed by atoms with Crippen molar-refractivity contribution < 1.29 is 0 Å². The molecule has 0 spiro atoms. The zero-order valence-corrected chi connectivity index (χ0v) is 12.9. The van der Waals surface area contributed by atoms with Crippen LogP contribution in [0.25, 0.3) is 10.9 Å². The molecule has 3 heterocycles. The average molecular weight is 310 g/mol. The number of H-pyrrole nitrogens is 1. The Balaban J connectivity index is 1.68. The van der Waals surface area contributed by atoms with Crippen LogP contribution in [0.1, 0.15) is 24.6 Å². The number of nitrogens with one attached hydrogen (secondary N) is 1. The van der Waals surface area contributed by atoms with Crippen LogP contribution >= 0.6 is 0 Å². The van der Waals surface area contributed by atoms with Crippen molar-refractivity contribution in [3.8, 4) is 0 Å². The van der Waals surface area contributed by atoms with Crippen molar-refractivity contribution in [2.24, 2.45) is 7.05 Å². The lowest BCUT2D eigenvalue weighted by molar-refractivity contribution is 0.475. The van der Waals surface area contributed by atoms with Crippen LogP contribution < -0.4 is 10.5 Å². The summed E-state index contributed by atoms with van der Waals surface area (Å²) >= 11 is 0. The summed E-state index contributed by atoms with van der Waals surface area (Å²) in [5.74, 6) is 1.92. The standard InChI is InChI=1S/C16H18N6O/c1-21-10-17-20-14(21)11-5-4-8-22(9-11)16-18-13-7-3-2-6-12(13)15(23)19-16/h2-3,6-7,10-11H,4-5,8-9H2,1H3,(H,18,19,23). The number of piperidine rings is 1. The van der Waals surface area contributed by atoms with Crippen molar-refractivity contribution >= 4 is 16.9 Å². The van der Waals surface area contributed by atoms with E-state index in [1.54, 1.807) is 12.4 Å².